The first-order valence-corrected chi connectivity index (χ1v) is 17.9. The van der Waals surface area contributed by atoms with Crippen molar-refractivity contribution < 1.29 is 0 Å². The Bertz CT molecular complexity index is 1460. The van der Waals surface area contributed by atoms with E-state index in [0.29, 0.717) is 0 Å². The quantitative estimate of drug-likeness (QED) is 0.148. The van der Waals surface area contributed by atoms with Gasteiger partial charge >= 0.3 is 0 Å². The second-order valence-electron chi connectivity index (χ2n) is 11.4. The maximum Gasteiger partial charge on any atom is 0.159 e. The van der Waals surface area contributed by atoms with Crippen molar-refractivity contribution in [2.45, 2.75) is 51.9 Å². The van der Waals surface area contributed by atoms with Crippen molar-refractivity contribution in [1.82, 2.24) is 9.97 Å². The number of rotatable bonds is 11. The van der Waals surface area contributed by atoms with Gasteiger partial charge in [-0.1, -0.05) is 112 Å². The van der Waals surface area contributed by atoms with Crippen molar-refractivity contribution >= 4 is 30.7 Å². The Labute approximate surface area is 247 Å². The van der Waals surface area contributed by atoms with Gasteiger partial charge in [0, 0.05) is 46.1 Å². The molecule has 0 unspecified atom stereocenters. The highest BCUT2D eigenvalue weighted by Gasteiger charge is 2.29. The lowest BCUT2D eigenvalue weighted by atomic mass is 9.82. The topological polar surface area (TPSA) is 55.0 Å². The van der Waals surface area contributed by atoms with Crippen LogP contribution in [0.2, 0.25) is 19.6 Å². The van der Waals surface area contributed by atoms with Crippen molar-refractivity contribution in [3.05, 3.63) is 133 Å². The molecule has 0 radical (unpaired) electrons. The minimum atomic E-state index is -1.53. The first-order valence-electron chi connectivity index (χ1n) is 14.4. The number of allylic oxidation sites excluding steroid dienone is 3. The molecule has 1 aromatic heterocycles. The molecule has 0 saturated carbocycles. The Hall–Kier alpha value is -4.06. The van der Waals surface area contributed by atoms with Crippen molar-refractivity contribution in [1.29, 1.82) is 0 Å². The van der Waals surface area contributed by atoms with Crippen LogP contribution in [-0.2, 0) is 5.54 Å². The zero-order valence-corrected chi connectivity index (χ0v) is 26.0. The number of hydrogen-bond acceptors (Lipinski definition) is 4. The lowest BCUT2D eigenvalue weighted by molar-refractivity contribution is 0.414. The maximum absolute atomic E-state index is 6.89. The predicted octanol–water partition coefficient (Wildman–Crippen LogP) is 8.58. The number of nitrogens with zero attached hydrogens (tertiary/aromatic N) is 3. The molecule has 0 aliphatic heterocycles. The summed E-state index contributed by atoms with van der Waals surface area (Å²) in [6.45, 7) is 15.5. The molecule has 4 rings (SSSR count). The van der Waals surface area contributed by atoms with Gasteiger partial charge in [-0.15, -0.1) is 0 Å². The fraction of sp³-hybridized carbons (Fsp3) is 0.222. The molecule has 4 aromatic rings. The number of hydrogen-bond donors (Lipinski definition) is 1. The molecule has 0 spiro atoms. The second kappa shape index (κ2) is 13.1. The van der Waals surface area contributed by atoms with Crippen LogP contribution in [0, 0.1) is 0 Å². The zero-order chi connectivity index (χ0) is 29.5. The average molecular weight is 559 g/mol. The molecular weight excluding hydrogens is 517 g/mol. The Morgan fingerprint density at radius 1 is 0.878 bits per heavy atom. The van der Waals surface area contributed by atoms with Gasteiger partial charge in [0.2, 0.25) is 0 Å². The van der Waals surface area contributed by atoms with E-state index in [2.05, 4.69) is 93.5 Å². The number of benzene rings is 3. The molecule has 0 fully saturated rings. The fourth-order valence-electron chi connectivity index (χ4n) is 4.92. The number of nitrogens with two attached hydrogens (primary N) is 1. The van der Waals surface area contributed by atoms with Crippen molar-refractivity contribution in [2.24, 2.45) is 5.73 Å². The van der Waals surface area contributed by atoms with Gasteiger partial charge in [-0.3, -0.25) is 0 Å². The summed E-state index contributed by atoms with van der Waals surface area (Å²) in [5.74, 6) is 0.718. The van der Waals surface area contributed by atoms with Crippen molar-refractivity contribution in [2.75, 3.05) is 4.90 Å². The standard InChI is InChI=1S/C36H42N4Si/c1-7-29(40(30-18-12-10-13-19-30)31-20-14-11-15-21-31)22-16-17-28-26-38-35(39-27-28)33-25-32(41(4,5)6)23-24-34(33)36(37,8-2)9-3/h7,10-27H,1,8-9,37H2,2-6H3. The monoisotopic (exact) mass is 558 g/mol. The van der Waals surface area contributed by atoms with Crippen LogP contribution in [0.25, 0.3) is 17.5 Å². The molecule has 1 heterocycles. The maximum atomic E-state index is 6.89. The van der Waals surface area contributed by atoms with Crippen LogP contribution < -0.4 is 15.8 Å². The van der Waals surface area contributed by atoms with Crippen LogP contribution in [0.15, 0.2) is 122 Å². The highest BCUT2D eigenvalue weighted by molar-refractivity contribution is 6.88. The molecule has 2 N–H and O–H groups in total. The molecule has 5 heteroatoms. The smallest absolute Gasteiger partial charge is 0.159 e. The van der Waals surface area contributed by atoms with Crippen molar-refractivity contribution in [3.63, 3.8) is 0 Å². The van der Waals surface area contributed by atoms with Crippen molar-refractivity contribution in [3.8, 4) is 11.4 Å². The van der Waals surface area contributed by atoms with E-state index in [1.807, 2.05) is 67.0 Å². The molecule has 0 aliphatic rings. The van der Waals surface area contributed by atoms with E-state index in [-0.39, 0.29) is 0 Å². The molecule has 210 valence electrons. The average Bonchev–Trinajstić information content (AvgIpc) is 3.00. The summed E-state index contributed by atoms with van der Waals surface area (Å²) in [5, 5.41) is 1.38. The van der Waals surface area contributed by atoms with Crippen LogP contribution in [0.5, 0.6) is 0 Å². The highest BCUT2D eigenvalue weighted by Crippen LogP contribution is 2.33. The van der Waals surface area contributed by atoms with Gasteiger partial charge in [-0.2, -0.15) is 0 Å². The molecule has 3 aromatic carbocycles. The van der Waals surface area contributed by atoms with Gasteiger partial charge < -0.3 is 10.6 Å². The second-order valence-corrected chi connectivity index (χ2v) is 16.5. The molecule has 0 saturated heterocycles. The van der Waals surface area contributed by atoms with E-state index in [4.69, 9.17) is 15.7 Å². The molecule has 0 bridgehead atoms. The van der Waals surface area contributed by atoms with Crippen LogP contribution in [0.1, 0.15) is 37.8 Å². The molecule has 0 amide bonds. The van der Waals surface area contributed by atoms with Crippen LogP contribution >= 0.6 is 0 Å². The molecular formula is C36H42N4Si. The third-order valence-corrected chi connectivity index (χ3v) is 9.69. The Balaban J connectivity index is 1.66. The summed E-state index contributed by atoms with van der Waals surface area (Å²) in [6.07, 6.45) is 13.4. The predicted molar refractivity (Wildman–Crippen MR) is 179 cm³/mol. The first kappa shape index (κ1) is 29.9. The number of para-hydroxylation sites is 2. The van der Waals surface area contributed by atoms with Gasteiger partial charge in [0.15, 0.2) is 5.82 Å². The van der Waals surface area contributed by atoms with Gasteiger partial charge in [0.05, 0.1) is 8.07 Å². The van der Waals surface area contributed by atoms with E-state index in [0.717, 1.165) is 52.4 Å². The summed E-state index contributed by atoms with van der Waals surface area (Å²) in [6, 6.07) is 27.3. The fourth-order valence-corrected chi connectivity index (χ4v) is 6.08. The van der Waals surface area contributed by atoms with E-state index in [1.165, 1.54) is 5.19 Å². The molecule has 4 nitrogen and oxygen atoms in total. The normalized spacial score (nSPS) is 12.5. The molecule has 41 heavy (non-hydrogen) atoms. The highest BCUT2D eigenvalue weighted by atomic mass is 28.3. The van der Waals surface area contributed by atoms with Crippen LogP contribution in [0.4, 0.5) is 11.4 Å². The lowest BCUT2D eigenvalue weighted by Gasteiger charge is -2.30. The third-order valence-electron chi connectivity index (χ3n) is 7.65. The minimum absolute atomic E-state index is 0.412. The first-order chi connectivity index (χ1) is 19.7. The van der Waals surface area contributed by atoms with Crippen LogP contribution in [-0.4, -0.2) is 18.0 Å². The van der Waals surface area contributed by atoms with Gasteiger partial charge in [-0.05, 0) is 54.8 Å². The lowest BCUT2D eigenvalue weighted by Crippen LogP contribution is -2.40. The summed E-state index contributed by atoms with van der Waals surface area (Å²) in [7, 11) is -1.53. The number of anilines is 2. The van der Waals surface area contributed by atoms with Gasteiger partial charge in [-0.25, -0.2) is 9.97 Å². The summed E-state index contributed by atoms with van der Waals surface area (Å²) < 4.78 is 0. The van der Waals surface area contributed by atoms with E-state index in [9.17, 15) is 0 Å². The zero-order valence-electron chi connectivity index (χ0n) is 25.0. The SMILES string of the molecule is C=CC(=CC=Cc1cnc(-c2cc([Si](C)(C)C)ccc2C(N)(CC)CC)nc1)N(c1ccccc1)c1ccccc1. The summed E-state index contributed by atoms with van der Waals surface area (Å²) >= 11 is 0. The van der Waals surface area contributed by atoms with Crippen LogP contribution in [0.3, 0.4) is 0 Å². The van der Waals surface area contributed by atoms with E-state index in [1.54, 1.807) is 0 Å². The largest absolute Gasteiger partial charge is 0.321 e. The Morgan fingerprint density at radius 2 is 1.44 bits per heavy atom. The minimum Gasteiger partial charge on any atom is -0.321 e. The van der Waals surface area contributed by atoms with E-state index < -0.39 is 13.6 Å². The van der Waals surface area contributed by atoms with E-state index >= 15 is 0 Å². The van der Waals surface area contributed by atoms with Gasteiger partial charge in [0.25, 0.3) is 0 Å². The van der Waals surface area contributed by atoms with Gasteiger partial charge in [0.1, 0.15) is 0 Å². The molecule has 0 atom stereocenters. The summed E-state index contributed by atoms with van der Waals surface area (Å²) in [5.41, 5.74) is 12.7. The summed E-state index contributed by atoms with van der Waals surface area (Å²) in [4.78, 5) is 11.8. The Morgan fingerprint density at radius 3 is 1.93 bits per heavy atom. The third kappa shape index (κ3) is 6.99. The Kier molecular flexibility index (Phi) is 9.53. The number of aromatic nitrogens is 2. The molecule has 0 aliphatic carbocycles.